The number of hydrogen-bond donors (Lipinski definition) is 1. The average Bonchev–Trinajstić information content (AvgIpc) is 2.65. The number of carbonyl (C=O) groups excluding carboxylic acids is 1. The third kappa shape index (κ3) is 4.11. The van der Waals surface area contributed by atoms with Crippen LogP contribution in [-0.2, 0) is 17.8 Å². The second-order valence-corrected chi connectivity index (χ2v) is 6.07. The molecule has 0 saturated heterocycles. The maximum atomic E-state index is 12.2. The Morgan fingerprint density at radius 1 is 1.15 bits per heavy atom. The fourth-order valence-corrected chi connectivity index (χ4v) is 2.76. The quantitative estimate of drug-likeness (QED) is 0.691. The molecule has 2 aromatic carbocycles. The van der Waals surface area contributed by atoms with Gasteiger partial charge in [0.25, 0.3) is 5.91 Å². The Balaban J connectivity index is 1.69. The van der Waals surface area contributed by atoms with Gasteiger partial charge in [0.05, 0.1) is 0 Å². The van der Waals surface area contributed by atoms with Crippen molar-refractivity contribution in [3.8, 4) is 5.75 Å². The molecule has 5 nitrogen and oxygen atoms in total. The van der Waals surface area contributed by atoms with Crippen molar-refractivity contribution in [3.05, 3.63) is 76.1 Å². The summed E-state index contributed by atoms with van der Waals surface area (Å²) in [7, 11) is 0. The number of aryl methyl sites for hydroxylation is 1. The highest BCUT2D eigenvalue weighted by Crippen LogP contribution is 2.23. The van der Waals surface area contributed by atoms with Crippen molar-refractivity contribution in [1.82, 2.24) is 5.32 Å². The van der Waals surface area contributed by atoms with E-state index in [1.807, 2.05) is 43.3 Å². The van der Waals surface area contributed by atoms with Gasteiger partial charge in [0.1, 0.15) is 11.3 Å². The van der Waals surface area contributed by atoms with Crippen molar-refractivity contribution in [3.63, 3.8) is 0 Å². The van der Waals surface area contributed by atoms with Gasteiger partial charge in [-0.15, -0.1) is 0 Å². The summed E-state index contributed by atoms with van der Waals surface area (Å²) in [4.78, 5) is 23.9. The first-order valence-electron chi connectivity index (χ1n) is 8.62. The van der Waals surface area contributed by atoms with Crippen LogP contribution in [0, 0.1) is 0 Å². The van der Waals surface area contributed by atoms with E-state index in [2.05, 4.69) is 5.32 Å². The van der Waals surface area contributed by atoms with E-state index in [0.717, 1.165) is 22.9 Å². The number of nitrogens with one attached hydrogen (secondary N) is 1. The Bertz CT molecular complexity index is 963. The predicted molar refractivity (Wildman–Crippen MR) is 100 cm³/mol. The van der Waals surface area contributed by atoms with Crippen LogP contribution in [0.4, 0.5) is 0 Å². The van der Waals surface area contributed by atoms with Crippen LogP contribution in [0.3, 0.4) is 0 Å². The van der Waals surface area contributed by atoms with E-state index in [0.29, 0.717) is 17.9 Å². The molecule has 134 valence electrons. The minimum atomic E-state index is -0.669. The van der Waals surface area contributed by atoms with E-state index in [1.165, 1.54) is 6.07 Å². The maximum Gasteiger partial charge on any atom is 0.336 e. The highest BCUT2D eigenvalue weighted by molar-refractivity contribution is 5.83. The molecule has 0 aliphatic rings. The van der Waals surface area contributed by atoms with Crippen molar-refractivity contribution in [1.29, 1.82) is 0 Å². The number of carbonyl (C=O) groups is 1. The van der Waals surface area contributed by atoms with Gasteiger partial charge < -0.3 is 14.5 Å². The summed E-state index contributed by atoms with van der Waals surface area (Å²) >= 11 is 0. The van der Waals surface area contributed by atoms with E-state index in [-0.39, 0.29) is 11.5 Å². The predicted octanol–water partition coefficient (Wildman–Crippen LogP) is 3.44. The van der Waals surface area contributed by atoms with Gasteiger partial charge in [0.15, 0.2) is 6.10 Å². The Morgan fingerprint density at radius 2 is 1.92 bits per heavy atom. The standard InChI is InChI=1S/C21H21NO4/c1-3-16-11-20(23)26-19-12-17(9-10-18(16)19)25-14(2)21(24)22-13-15-7-5-4-6-8-15/h4-12,14H,3,13H2,1-2H3,(H,22,24)/t14-/m1/s1. The van der Waals surface area contributed by atoms with E-state index in [4.69, 9.17) is 9.15 Å². The molecule has 0 saturated carbocycles. The SMILES string of the molecule is CCc1cc(=O)oc2cc(O[C@H](C)C(=O)NCc3ccccc3)ccc12. The third-order valence-electron chi connectivity index (χ3n) is 4.17. The molecule has 1 atom stereocenters. The van der Waals surface area contributed by atoms with Gasteiger partial charge in [-0.2, -0.15) is 0 Å². The van der Waals surface area contributed by atoms with Crippen LogP contribution >= 0.6 is 0 Å². The maximum absolute atomic E-state index is 12.2. The highest BCUT2D eigenvalue weighted by atomic mass is 16.5. The number of ether oxygens (including phenoxy) is 1. The van der Waals surface area contributed by atoms with Crippen LogP contribution in [0.25, 0.3) is 11.0 Å². The number of fused-ring (bicyclic) bond motifs is 1. The zero-order valence-corrected chi connectivity index (χ0v) is 14.8. The molecule has 1 heterocycles. The Morgan fingerprint density at radius 3 is 2.65 bits per heavy atom. The van der Waals surface area contributed by atoms with E-state index in [1.54, 1.807) is 19.1 Å². The second kappa shape index (κ2) is 7.87. The molecule has 0 fully saturated rings. The van der Waals surface area contributed by atoms with Crippen molar-refractivity contribution >= 4 is 16.9 Å². The van der Waals surface area contributed by atoms with Crippen molar-refractivity contribution < 1.29 is 13.9 Å². The monoisotopic (exact) mass is 351 g/mol. The number of benzene rings is 2. The van der Waals surface area contributed by atoms with E-state index >= 15 is 0 Å². The number of amides is 1. The lowest BCUT2D eigenvalue weighted by Crippen LogP contribution is -2.35. The second-order valence-electron chi connectivity index (χ2n) is 6.07. The molecule has 0 spiro atoms. The molecular weight excluding hydrogens is 330 g/mol. The molecule has 3 aromatic rings. The first-order chi connectivity index (χ1) is 12.6. The van der Waals surface area contributed by atoms with Crippen molar-refractivity contribution in [2.24, 2.45) is 0 Å². The third-order valence-corrected chi connectivity index (χ3v) is 4.17. The largest absolute Gasteiger partial charge is 0.481 e. The normalized spacial score (nSPS) is 11.9. The zero-order valence-electron chi connectivity index (χ0n) is 14.8. The average molecular weight is 351 g/mol. The molecule has 0 radical (unpaired) electrons. The molecule has 3 rings (SSSR count). The first-order valence-corrected chi connectivity index (χ1v) is 8.62. The van der Waals surface area contributed by atoms with Crippen LogP contribution in [0.1, 0.15) is 25.0 Å². The molecule has 0 aliphatic heterocycles. The molecule has 26 heavy (non-hydrogen) atoms. The molecule has 1 N–H and O–H groups in total. The molecule has 0 bridgehead atoms. The van der Waals surface area contributed by atoms with E-state index < -0.39 is 6.10 Å². The smallest absolute Gasteiger partial charge is 0.336 e. The Kier molecular flexibility index (Phi) is 5.37. The minimum Gasteiger partial charge on any atom is -0.481 e. The summed E-state index contributed by atoms with van der Waals surface area (Å²) in [6, 6.07) is 16.5. The molecule has 1 aromatic heterocycles. The topological polar surface area (TPSA) is 68.5 Å². The zero-order chi connectivity index (χ0) is 18.5. The van der Waals surface area contributed by atoms with Crippen LogP contribution in [-0.4, -0.2) is 12.0 Å². The fourth-order valence-electron chi connectivity index (χ4n) is 2.76. The lowest BCUT2D eigenvalue weighted by Gasteiger charge is -2.15. The summed E-state index contributed by atoms with van der Waals surface area (Å²) in [6.07, 6.45) is 0.0675. The van der Waals surface area contributed by atoms with Crippen molar-refractivity contribution in [2.45, 2.75) is 32.9 Å². The van der Waals surface area contributed by atoms with Gasteiger partial charge in [-0.1, -0.05) is 37.3 Å². The van der Waals surface area contributed by atoms with E-state index in [9.17, 15) is 9.59 Å². The summed E-state index contributed by atoms with van der Waals surface area (Å²) in [5.74, 6) is 0.272. The lowest BCUT2D eigenvalue weighted by atomic mass is 10.1. The Hall–Kier alpha value is -3.08. The van der Waals surface area contributed by atoms with Gasteiger partial charge in [0.2, 0.25) is 0 Å². The number of rotatable bonds is 6. The van der Waals surface area contributed by atoms with Crippen LogP contribution in [0.2, 0.25) is 0 Å². The van der Waals surface area contributed by atoms with Gasteiger partial charge in [-0.25, -0.2) is 4.79 Å². The van der Waals surface area contributed by atoms with Gasteiger partial charge >= 0.3 is 5.63 Å². The van der Waals surface area contributed by atoms with Gasteiger partial charge in [-0.3, -0.25) is 4.79 Å². The summed E-state index contributed by atoms with van der Waals surface area (Å²) in [5, 5.41) is 3.72. The van der Waals surface area contributed by atoms with Crippen LogP contribution < -0.4 is 15.7 Å². The molecular formula is C21H21NO4. The molecule has 1 amide bonds. The van der Waals surface area contributed by atoms with Crippen molar-refractivity contribution in [2.75, 3.05) is 0 Å². The minimum absolute atomic E-state index is 0.210. The lowest BCUT2D eigenvalue weighted by molar-refractivity contribution is -0.127. The number of hydrogen-bond acceptors (Lipinski definition) is 4. The van der Waals surface area contributed by atoms with Gasteiger partial charge in [0, 0.05) is 24.1 Å². The molecule has 0 aliphatic carbocycles. The highest BCUT2D eigenvalue weighted by Gasteiger charge is 2.15. The summed E-state index contributed by atoms with van der Waals surface area (Å²) in [6.45, 7) is 4.11. The first kappa shape index (κ1) is 17.7. The Labute approximate surface area is 151 Å². The fraction of sp³-hybridized carbons (Fsp3) is 0.238. The summed E-state index contributed by atoms with van der Waals surface area (Å²) in [5.41, 5.74) is 2.02. The summed E-state index contributed by atoms with van der Waals surface area (Å²) < 4.78 is 11.0. The van der Waals surface area contributed by atoms with Crippen LogP contribution in [0.5, 0.6) is 5.75 Å². The molecule has 5 heteroatoms. The molecule has 0 unspecified atom stereocenters. The van der Waals surface area contributed by atoms with Crippen LogP contribution in [0.15, 0.2) is 63.8 Å². The van der Waals surface area contributed by atoms with Gasteiger partial charge in [-0.05, 0) is 36.6 Å².